The zero-order chi connectivity index (χ0) is 9.52. The molecule has 1 aliphatic rings. The average molecular weight is 199 g/mol. The quantitative estimate of drug-likeness (QED) is 0.633. The van der Waals surface area contributed by atoms with Crippen molar-refractivity contribution in [3.8, 4) is 0 Å². The molecule has 0 unspecified atom stereocenters. The number of hydrogen-bond donors (Lipinski definition) is 0. The van der Waals surface area contributed by atoms with Gasteiger partial charge in [-0.2, -0.15) is 11.8 Å². The van der Waals surface area contributed by atoms with Crippen molar-refractivity contribution in [3.05, 3.63) is 12.2 Å². The molecule has 1 fully saturated rings. The zero-order valence-corrected chi connectivity index (χ0v) is 8.98. The highest BCUT2D eigenvalue weighted by Crippen LogP contribution is 2.10. The molecule has 0 bridgehead atoms. The minimum atomic E-state index is 0.185. The van der Waals surface area contributed by atoms with Crippen molar-refractivity contribution < 1.29 is 4.79 Å². The molecule has 0 spiro atoms. The van der Waals surface area contributed by atoms with Crippen LogP contribution in [0, 0.1) is 0 Å². The van der Waals surface area contributed by atoms with Crippen molar-refractivity contribution in [1.29, 1.82) is 0 Å². The number of carbonyl (C=O) groups is 1. The van der Waals surface area contributed by atoms with Gasteiger partial charge in [-0.05, 0) is 24.7 Å². The Labute approximate surface area is 84.4 Å². The van der Waals surface area contributed by atoms with Gasteiger partial charge in [0.25, 0.3) is 0 Å². The fraction of sp³-hybridized carbons (Fsp3) is 0.700. The van der Waals surface area contributed by atoms with E-state index in [4.69, 9.17) is 0 Å². The molecule has 0 aromatic rings. The highest BCUT2D eigenvalue weighted by molar-refractivity contribution is 7.99. The molecule has 1 rings (SSSR count). The molecule has 1 amide bonds. The van der Waals surface area contributed by atoms with Crippen molar-refractivity contribution in [3.63, 3.8) is 0 Å². The summed E-state index contributed by atoms with van der Waals surface area (Å²) < 4.78 is 0. The third-order valence-electron chi connectivity index (χ3n) is 2.03. The summed E-state index contributed by atoms with van der Waals surface area (Å²) in [4.78, 5) is 13.5. The van der Waals surface area contributed by atoms with Crippen molar-refractivity contribution >= 4 is 17.7 Å². The van der Waals surface area contributed by atoms with Gasteiger partial charge in [0.05, 0.1) is 0 Å². The van der Waals surface area contributed by atoms with Crippen LogP contribution in [0.1, 0.15) is 19.8 Å². The van der Waals surface area contributed by atoms with Gasteiger partial charge in [0.1, 0.15) is 0 Å². The van der Waals surface area contributed by atoms with E-state index in [-0.39, 0.29) is 5.91 Å². The van der Waals surface area contributed by atoms with E-state index in [2.05, 4.69) is 0 Å². The number of amides is 1. The Morgan fingerprint density at radius 2 is 2.31 bits per heavy atom. The van der Waals surface area contributed by atoms with E-state index in [1.807, 2.05) is 29.7 Å². The fourth-order valence-corrected chi connectivity index (χ4v) is 2.18. The van der Waals surface area contributed by atoms with Gasteiger partial charge in [-0.15, -0.1) is 0 Å². The van der Waals surface area contributed by atoms with Crippen LogP contribution in [0.3, 0.4) is 0 Å². The predicted octanol–water partition coefficient (Wildman–Crippen LogP) is 1.92. The van der Waals surface area contributed by atoms with Crippen LogP contribution >= 0.6 is 11.8 Å². The zero-order valence-electron chi connectivity index (χ0n) is 8.16. The first kappa shape index (κ1) is 10.6. The monoisotopic (exact) mass is 199 g/mol. The molecule has 1 aliphatic heterocycles. The highest BCUT2D eigenvalue weighted by atomic mass is 32.2. The molecule has 1 heterocycles. The molecular weight excluding hydrogens is 182 g/mol. The summed E-state index contributed by atoms with van der Waals surface area (Å²) in [6.07, 6.45) is 5.71. The molecule has 0 aromatic heterocycles. The van der Waals surface area contributed by atoms with Gasteiger partial charge in [-0.1, -0.05) is 13.0 Å². The third kappa shape index (κ3) is 3.85. The van der Waals surface area contributed by atoms with Gasteiger partial charge in [0, 0.05) is 18.8 Å². The number of nitrogens with zero attached hydrogens (tertiary/aromatic N) is 1. The minimum Gasteiger partial charge on any atom is -0.338 e. The van der Waals surface area contributed by atoms with E-state index >= 15 is 0 Å². The van der Waals surface area contributed by atoms with Gasteiger partial charge < -0.3 is 4.90 Å². The Balaban J connectivity index is 2.39. The molecule has 1 saturated heterocycles. The van der Waals surface area contributed by atoms with Gasteiger partial charge >= 0.3 is 0 Å². The van der Waals surface area contributed by atoms with Crippen LogP contribution < -0.4 is 0 Å². The van der Waals surface area contributed by atoms with Crippen molar-refractivity contribution in [2.45, 2.75) is 19.8 Å². The Hall–Kier alpha value is -0.440. The molecule has 0 atom stereocenters. The second-order valence-electron chi connectivity index (χ2n) is 3.10. The van der Waals surface area contributed by atoms with Crippen LogP contribution in [-0.4, -0.2) is 35.4 Å². The summed E-state index contributed by atoms with van der Waals surface area (Å²) in [5, 5.41) is 0. The normalized spacial score (nSPS) is 19.0. The first-order valence-corrected chi connectivity index (χ1v) is 6.03. The first-order valence-electron chi connectivity index (χ1n) is 4.87. The van der Waals surface area contributed by atoms with Crippen LogP contribution in [0.15, 0.2) is 12.2 Å². The molecule has 0 N–H and O–H groups in total. The smallest absolute Gasteiger partial charge is 0.246 e. The lowest BCUT2D eigenvalue weighted by molar-refractivity contribution is -0.125. The van der Waals surface area contributed by atoms with Crippen LogP contribution in [0.2, 0.25) is 0 Å². The second-order valence-corrected chi connectivity index (χ2v) is 4.33. The topological polar surface area (TPSA) is 20.3 Å². The van der Waals surface area contributed by atoms with Gasteiger partial charge in [-0.3, -0.25) is 4.79 Å². The number of thioether (sulfide) groups is 1. The van der Waals surface area contributed by atoms with E-state index in [1.165, 1.54) is 5.75 Å². The Kier molecular flexibility index (Phi) is 4.98. The van der Waals surface area contributed by atoms with Crippen molar-refractivity contribution in [2.24, 2.45) is 0 Å². The number of hydrogen-bond acceptors (Lipinski definition) is 2. The molecule has 0 radical (unpaired) electrons. The Morgan fingerprint density at radius 3 is 3.08 bits per heavy atom. The van der Waals surface area contributed by atoms with Crippen LogP contribution in [0.5, 0.6) is 0 Å². The van der Waals surface area contributed by atoms with Crippen molar-refractivity contribution in [1.82, 2.24) is 4.90 Å². The Bertz CT molecular complexity index is 183. The SMILES string of the molecule is CC/C=C/C(=O)N1CCCSCC1. The molecule has 0 aliphatic carbocycles. The lowest BCUT2D eigenvalue weighted by Crippen LogP contribution is -2.31. The average Bonchev–Trinajstić information content (AvgIpc) is 2.42. The van der Waals surface area contributed by atoms with E-state index in [1.54, 1.807) is 6.08 Å². The predicted molar refractivity (Wildman–Crippen MR) is 58.0 cm³/mol. The third-order valence-corrected chi connectivity index (χ3v) is 3.08. The first-order chi connectivity index (χ1) is 6.34. The summed E-state index contributed by atoms with van der Waals surface area (Å²) in [6.45, 7) is 3.89. The van der Waals surface area contributed by atoms with Crippen molar-refractivity contribution in [2.75, 3.05) is 24.6 Å². The molecule has 0 aromatic carbocycles. The molecule has 13 heavy (non-hydrogen) atoms. The summed E-state index contributed by atoms with van der Waals surface area (Å²) >= 11 is 1.94. The lowest BCUT2D eigenvalue weighted by Gasteiger charge is -2.17. The molecular formula is C10H17NOS. The van der Waals surface area contributed by atoms with E-state index in [9.17, 15) is 4.79 Å². The summed E-state index contributed by atoms with van der Waals surface area (Å²) in [5.41, 5.74) is 0. The minimum absolute atomic E-state index is 0.185. The number of rotatable bonds is 2. The van der Waals surface area contributed by atoms with Crippen LogP contribution in [0.4, 0.5) is 0 Å². The maximum Gasteiger partial charge on any atom is 0.246 e. The maximum atomic E-state index is 11.5. The summed E-state index contributed by atoms with van der Waals surface area (Å²) in [7, 11) is 0. The molecule has 2 nitrogen and oxygen atoms in total. The second kappa shape index (κ2) is 6.08. The van der Waals surface area contributed by atoms with Gasteiger partial charge in [-0.25, -0.2) is 0 Å². The molecule has 3 heteroatoms. The van der Waals surface area contributed by atoms with E-state index in [0.29, 0.717) is 0 Å². The number of carbonyl (C=O) groups excluding carboxylic acids is 1. The largest absolute Gasteiger partial charge is 0.338 e. The van der Waals surface area contributed by atoms with Gasteiger partial charge in [0.15, 0.2) is 0 Å². The lowest BCUT2D eigenvalue weighted by atomic mass is 10.3. The molecule has 0 saturated carbocycles. The molecule has 74 valence electrons. The van der Waals surface area contributed by atoms with E-state index < -0.39 is 0 Å². The summed E-state index contributed by atoms with van der Waals surface area (Å²) in [6, 6.07) is 0. The van der Waals surface area contributed by atoms with Crippen LogP contribution in [-0.2, 0) is 4.79 Å². The highest BCUT2D eigenvalue weighted by Gasteiger charge is 2.12. The van der Waals surface area contributed by atoms with E-state index in [0.717, 1.165) is 31.7 Å². The standard InChI is InChI=1S/C10H17NOS/c1-2-3-5-10(12)11-6-4-8-13-9-7-11/h3,5H,2,4,6-9H2,1H3/b5-3+. The fourth-order valence-electron chi connectivity index (χ4n) is 1.29. The summed E-state index contributed by atoms with van der Waals surface area (Å²) in [5.74, 6) is 2.47. The van der Waals surface area contributed by atoms with Crippen LogP contribution in [0.25, 0.3) is 0 Å². The number of allylic oxidation sites excluding steroid dienone is 1. The maximum absolute atomic E-state index is 11.5. The Morgan fingerprint density at radius 1 is 1.46 bits per heavy atom. The van der Waals surface area contributed by atoms with Gasteiger partial charge in [0.2, 0.25) is 5.91 Å².